The van der Waals surface area contributed by atoms with Crippen LogP contribution in [-0.4, -0.2) is 64.1 Å². The Morgan fingerprint density at radius 1 is 1.27 bits per heavy atom. The van der Waals surface area contributed by atoms with Gasteiger partial charge in [-0.1, -0.05) is 19.4 Å². The van der Waals surface area contributed by atoms with Crippen molar-refractivity contribution in [3.63, 3.8) is 0 Å². The topological polar surface area (TPSA) is 50.1 Å². The van der Waals surface area contributed by atoms with E-state index >= 15 is 0 Å². The van der Waals surface area contributed by atoms with Crippen molar-refractivity contribution in [3.05, 3.63) is 46.0 Å². The lowest BCUT2D eigenvalue weighted by Crippen LogP contribution is -2.61. The van der Waals surface area contributed by atoms with Gasteiger partial charge in [0.2, 0.25) is 0 Å². The quantitative estimate of drug-likeness (QED) is 0.834. The van der Waals surface area contributed by atoms with Crippen molar-refractivity contribution in [2.24, 2.45) is 0 Å². The first-order valence-corrected chi connectivity index (χ1v) is 9.70. The highest BCUT2D eigenvalue weighted by molar-refractivity contribution is 5.40. The number of piperazine rings is 1. The van der Waals surface area contributed by atoms with Gasteiger partial charge in [-0.15, -0.1) is 0 Å². The molecule has 4 rings (SSSR count). The highest BCUT2D eigenvalue weighted by atomic mass is 16.5. The van der Waals surface area contributed by atoms with Crippen molar-refractivity contribution in [1.29, 1.82) is 0 Å². The highest BCUT2D eigenvalue weighted by Gasteiger charge is 2.35. The van der Waals surface area contributed by atoms with Crippen LogP contribution >= 0.6 is 0 Å². The Morgan fingerprint density at radius 2 is 2.15 bits per heavy atom. The van der Waals surface area contributed by atoms with E-state index in [-0.39, 0.29) is 5.56 Å². The van der Waals surface area contributed by atoms with Crippen LogP contribution in [0.2, 0.25) is 0 Å². The average Bonchev–Trinajstić information content (AvgIpc) is 2.62. The standard InChI is InChI=1S/C20H28N4O2/c1-3-5-17-13-26-14-18-12-22(8-9-23(17)18)11-16-10-20(25)24-15(2)6-4-7-19(24)21-16/h4,6-7,10,17-18H,3,5,8-9,11-14H2,1-2H3/t17-,18+/m0/s1. The maximum Gasteiger partial charge on any atom is 0.258 e. The van der Waals surface area contributed by atoms with Gasteiger partial charge in [0.15, 0.2) is 0 Å². The van der Waals surface area contributed by atoms with Gasteiger partial charge < -0.3 is 4.74 Å². The Kier molecular flexibility index (Phi) is 5.07. The van der Waals surface area contributed by atoms with Crippen molar-refractivity contribution in [3.8, 4) is 0 Å². The van der Waals surface area contributed by atoms with E-state index in [0.717, 1.165) is 56.4 Å². The lowest BCUT2D eigenvalue weighted by molar-refractivity contribution is -0.0842. The van der Waals surface area contributed by atoms with Crippen LogP contribution in [-0.2, 0) is 11.3 Å². The van der Waals surface area contributed by atoms with Crippen LogP contribution in [0.15, 0.2) is 29.1 Å². The smallest absolute Gasteiger partial charge is 0.258 e. The molecule has 0 aliphatic carbocycles. The summed E-state index contributed by atoms with van der Waals surface area (Å²) in [5.41, 5.74) is 2.51. The van der Waals surface area contributed by atoms with Crippen LogP contribution in [0.4, 0.5) is 0 Å². The number of fused-ring (bicyclic) bond motifs is 2. The zero-order valence-electron chi connectivity index (χ0n) is 15.7. The van der Waals surface area contributed by atoms with Crippen LogP contribution in [0.1, 0.15) is 31.2 Å². The predicted octanol–water partition coefficient (Wildman–Crippen LogP) is 1.69. The third-order valence-electron chi connectivity index (χ3n) is 5.64. The van der Waals surface area contributed by atoms with E-state index in [1.807, 2.05) is 25.1 Å². The van der Waals surface area contributed by atoms with E-state index in [4.69, 9.17) is 9.72 Å². The van der Waals surface area contributed by atoms with Gasteiger partial charge in [-0.2, -0.15) is 0 Å². The lowest BCUT2D eigenvalue weighted by atomic mass is 10.0. The minimum Gasteiger partial charge on any atom is -0.378 e. The molecule has 140 valence electrons. The normalized spacial score (nSPS) is 24.7. The minimum atomic E-state index is 0.00532. The number of ether oxygens (including phenoxy) is 1. The maximum atomic E-state index is 12.5. The summed E-state index contributed by atoms with van der Waals surface area (Å²) in [5, 5.41) is 0. The lowest BCUT2D eigenvalue weighted by Gasteiger charge is -2.48. The molecular weight excluding hydrogens is 328 g/mol. The molecule has 0 aromatic carbocycles. The molecular formula is C20H28N4O2. The van der Waals surface area contributed by atoms with Crippen molar-refractivity contribution in [2.45, 2.75) is 45.3 Å². The van der Waals surface area contributed by atoms with Crippen molar-refractivity contribution >= 4 is 5.65 Å². The molecule has 2 aromatic heterocycles. The zero-order valence-corrected chi connectivity index (χ0v) is 15.7. The Labute approximate surface area is 154 Å². The number of aryl methyl sites for hydroxylation is 1. The molecule has 2 aliphatic rings. The molecule has 6 nitrogen and oxygen atoms in total. The van der Waals surface area contributed by atoms with Crippen LogP contribution in [0, 0.1) is 6.92 Å². The molecule has 2 atom stereocenters. The molecule has 0 spiro atoms. The fourth-order valence-corrected chi connectivity index (χ4v) is 4.40. The van der Waals surface area contributed by atoms with E-state index in [0.29, 0.717) is 12.1 Å². The van der Waals surface area contributed by atoms with Gasteiger partial charge in [-0.05, 0) is 25.5 Å². The number of rotatable bonds is 4. The van der Waals surface area contributed by atoms with Crippen LogP contribution < -0.4 is 5.56 Å². The number of morpholine rings is 1. The second-order valence-corrected chi connectivity index (χ2v) is 7.55. The van der Waals surface area contributed by atoms with Gasteiger partial charge in [0.25, 0.3) is 5.56 Å². The monoisotopic (exact) mass is 356 g/mol. The van der Waals surface area contributed by atoms with Crippen LogP contribution in [0.5, 0.6) is 0 Å². The number of pyridine rings is 1. The Bertz CT molecular complexity index is 832. The summed E-state index contributed by atoms with van der Waals surface area (Å²) in [6.07, 6.45) is 2.41. The SMILES string of the molecule is CCC[C@H]1COC[C@H]2CN(Cc3cc(=O)n4c(C)cccc4n3)CCN12. The van der Waals surface area contributed by atoms with Gasteiger partial charge in [-0.25, -0.2) is 4.98 Å². The molecule has 2 saturated heterocycles. The van der Waals surface area contributed by atoms with Gasteiger partial charge in [0, 0.05) is 50.0 Å². The third-order valence-corrected chi connectivity index (χ3v) is 5.64. The number of hydrogen-bond donors (Lipinski definition) is 0. The predicted molar refractivity (Wildman–Crippen MR) is 101 cm³/mol. The van der Waals surface area contributed by atoms with Gasteiger partial charge in [0.05, 0.1) is 18.9 Å². The molecule has 0 bridgehead atoms. The van der Waals surface area contributed by atoms with E-state index in [9.17, 15) is 4.79 Å². The van der Waals surface area contributed by atoms with Gasteiger partial charge in [-0.3, -0.25) is 19.0 Å². The molecule has 26 heavy (non-hydrogen) atoms. The van der Waals surface area contributed by atoms with E-state index in [1.54, 1.807) is 10.5 Å². The first kappa shape index (κ1) is 17.6. The summed E-state index contributed by atoms with van der Waals surface area (Å²) in [6.45, 7) is 9.65. The maximum absolute atomic E-state index is 12.5. The largest absolute Gasteiger partial charge is 0.378 e. The second-order valence-electron chi connectivity index (χ2n) is 7.55. The number of hydrogen-bond acceptors (Lipinski definition) is 5. The molecule has 0 saturated carbocycles. The van der Waals surface area contributed by atoms with E-state index in [2.05, 4.69) is 16.7 Å². The summed E-state index contributed by atoms with van der Waals surface area (Å²) >= 11 is 0. The van der Waals surface area contributed by atoms with E-state index < -0.39 is 0 Å². The molecule has 2 aliphatic heterocycles. The Balaban J connectivity index is 1.49. The van der Waals surface area contributed by atoms with E-state index in [1.165, 1.54) is 12.8 Å². The average molecular weight is 356 g/mol. The van der Waals surface area contributed by atoms with Gasteiger partial charge >= 0.3 is 0 Å². The summed E-state index contributed by atoms with van der Waals surface area (Å²) < 4.78 is 7.53. The first-order valence-electron chi connectivity index (χ1n) is 9.70. The molecule has 2 fully saturated rings. The first-order chi connectivity index (χ1) is 12.7. The summed E-state index contributed by atoms with van der Waals surface area (Å²) in [4.78, 5) is 22.2. The summed E-state index contributed by atoms with van der Waals surface area (Å²) in [6, 6.07) is 8.49. The van der Waals surface area contributed by atoms with Crippen LogP contribution in [0.3, 0.4) is 0 Å². The summed E-state index contributed by atoms with van der Waals surface area (Å²) in [7, 11) is 0. The highest BCUT2D eigenvalue weighted by Crippen LogP contribution is 2.22. The zero-order chi connectivity index (χ0) is 18.1. The fraction of sp³-hybridized carbons (Fsp3) is 0.600. The molecule has 0 radical (unpaired) electrons. The molecule has 0 N–H and O–H groups in total. The Morgan fingerprint density at radius 3 is 3.00 bits per heavy atom. The van der Waals surface area contributed by atoms with Crippen molar-refractivity contribution in [1.82, 2.24) is 19.2 Å². The molecule has 0 amide bonds. The van der Waals surface area contributed by atoms with Crippen LogP contribution in [0.25, 0.3) is 5.65 Å². The molecule has 0 unspecified atom stereocenters. The minimum absolute atomic E-state index is 0.00532. The van der Waals surface area contributed by atoms with Crippen molar-refractivity contribution < 1.29 is 4.74 Å². The number of nitrogens with zero attached hydrogens (tertiary/aromatic N) is 4. The molecule has 6 heteroatoms. The third kappa shape index (κ3) is 3.41. The molecule has 2 aromatic rings. The van der Waals surface area contributed by atoms with Crippen molar-refractivity contribution in [2.75, 3.05) is 32.8 Å². The Hall–Kier alpha value is -1.76. The number of aromatic nitrogens is 2. The van der Waals surface area contributed by atoms with Gasteiger partial charge in [0.1, 0.15) is 5.65 Å². The second kappa shape index (κ2) is 7.47. The summed E-state index contributed by atoms with van der Waals surface area (Å²) in [5.74, 6) is 0. The molecule has 4 heterocycles. The fourth-order valence-electron chi connectivity index (χ4n) is 4.40.